The van der Waals surface area contributed by atoms with E-state index in [9.17, 15) is 15.0 Å². The molecule has 0 aromatic heterocycles. The predicted octanol–water partition coefficient (Wildman–Crippen LogP) is 3.94. The van der Waals surface area contributed by atoms with Crippen LogP contribution in [0.1, 0.15) is 67.9 Å². The number of carbonyl (C=O) groups is 1. The van der Waals surface area contributed by atoms with E-state index in [2.05, 4.69) is 20.8 Å². The van der Waals surface area contributed by atoms with E-state index in [0.29, 0.717) is 12.2 Å². The van der Waals surface area contributed by atoms with Crippen LogP contribution < -0.4 is 0 Å². The largest absolute Gasteiger partial charge is 0.508 e. The number of benzene rings is 1. The van der Waals surface area contributed by atoms with Crippen molar-refractivity contribution in [1.82, 2.24) is 0 Å². The van der Waals surface area contributed by atoms with Gasteiger partial charge in [-0.3, -0.25) is 4.79 Å². The van der Waals surface area contributed by atoms with Gasteiger partial charge in [0.1, 0.15) is 11.5 Å². The van der Waals surface area contributed by atoms with Crippen LogP contribution in [0.5, 0.6) is 11.5 Å². The summed E-state index contributed by atoms with van der Waals surface area (Å²) in [6.07, 6.45) is 5.73. The van der Waals surface area contributed by atoms with Gasteiger partial charge in [-0.15, -0.1) is 0 Å². The second kappa shape index (κ2) is 4.49. The Labute approximate surface area is 126 Å². The van der Waals surface area contributed by atoms with Gasteiger partial charge in [0.25, 0.3) is 0 Å². The van der Waals surface area contributed by atoms with Gasteiger partial charge in [0.15, 0.2) is 6.29 Å². The monoisotopic (exact) mass is 288 g/mol. The molecule has 1 fully saturated rings. The fourth-order valence-corrected chi connectivity index (χ4v) is 5.12. The predicted molar refractivity (Wildman–Crippen MR) is 82.0 cm³/mol. The van der Waals surface area contributed by atoms with Crippen molar-refractivity contribution in [2.24, 2.45) is 11.3 Å². The highest BCUT2D eigenvalue weighted by Gasteiger charge is 2.51. The average Bonchev–Trinajstić information content (AvgIpc) is 2.40. The Kier molecular flexibility index (Phi) is 3.09. The third kappa shape index (κ3) is 1.90. The Hall–Kier alpha value is -1.51. The zero-order valence-electron chi connectivity index (χ0n) is 13.1. The van der Waals surface area contributed by atoms with Crippen molar-refractivity contribution in [3.05, 3.63) is 22.8 Å². The lowest BCUT2D eigenvalue weighted by molar-refractivity contribution is 0.0387. The first-order chi connectivity index (χ1) is 9.81. The number of hydrogen-bond acceptors (Lipinski definition) is 3. The average molecular weight is 288 g/mol. The van der Waals surface area contributed by atoms with Gasteiger partial charge in [-0.05, 0) is 48.5 Å². The molecular weight excluding hydrogens is 264 g/mol. The van der Waals surface area contributed by atoms with Crippen LogP contribution in [0.15, 0.2) is 6.07 Å². The van der Waals surface area contributed by atoms with Crippen molar-refractivity contribution >= 4 is 6.29 Å². The molecule has 2 aliphatic carbocycles. The lowest BCUT2D eigenvalue weighted by Crippen LogP contribution is -2.47. The van der Waals surface area contributed by atoms with Crippen LogP contribution in [-0.4, -0.2) is 16.5 Å². The topological polar surface area (TPSA) is 57.5 Å². The SMILES string of the molecule is CC1(C)CCC[C@]2(C)c3c(O)cc(C=O)c(O)c3CC[C@H]12. The number of rotatable bonds is 1. The number of aldehydes is 1. The third-order valence-electron chi connectivity index (χ3n) is 6.02. The molecule has 0 spiro atoms. The molecule has 1 aromatic carbocycles. The minimum absolute atomic E-state index is 0.0702. The Morgan fingerprint density at radius 1 is 1.24 bits per heavy atom. The second-order valence-corrected chi connectivity index (χ2v) is 7.66. The van der Waals surface area contributed by atoms with E-state index in [1.54, 1.807) is 0 Å². The maximum atomic E-state index is 11.1. The molecule has 0 heterocycles. The fraction of sp³-hybridized carbons (Fsp3) is 0.611. The standard InChI is InChI=1S/C18H24O3/c1-17(2)7-4-8-18(3)14(17)6-5-12-15(18)13(20)9-11(10-19)16(12)21/h9-10,14,20-21H,4-8H2,1-3H3/t14-,18+/m1/s1. The highest BCUT2D eigenvalue weighted by Crippen LogP contribution is 2.59. The Morgan fingerprint density at radius 2 is 1.95 bits per heavy atom. The Bertz CT molecular complexity index is 603. The summed E-state index contributed by atoms with van der Waals surface area (Å²) in [5.74, 6) is 0.745. The summed E-state index contributed by atoms with van der Waals surface area (Å²) in [6, 6.07) is 1.43. The molecule has 2 aliphatic rings. The van der Waals surface area contributed by atoms with Crippen LogP contribution >= 0.6 is 0 Å². The molecule has 3 heteroatoms. The summed E-state index contributed by atoms with van der Waals surface area (Å²) < 4.78 is 0. The van der Waals surface area contributed by atoms with Gasteiger partial charge < -0.3 is 10.2 Å². The molecular formula is C18H24O3. The highest BCUT2D eigenvalue weighted by molar-refractivity contribution is 5.82. The minimum atomic E-state index is -0.113. The molecule has 1 aromatic rings. The number of carbonyl (C=O) groups excluding carboxylic acids is 1. The van der Waals surface area contributed by atoms with Gasteiger partial charge in [-0.2, -0.15) is 0 Å². The summed E-state index contributed by atoms with van der Waals surface area (Å²) in [7, 11) is 0. The van der Waals surface area contributed by atoms with E-state index in [1.807, 2.05) is 0 Å². The van der Waals surface area contributed by atoms with Crippen molar-refractivity contribution in [2.75, 3.05) is 0 Å². The lowest BCUT2D eigenvalue weighted by Gasteiger charge is -2.54. The summed E-state index contributed by atoms with van der Waals surface area (Å²) in [6.45, 7) is 6.85. The molecule has 0 aliphatic heterocycles. The maximum Gasteiger partial charge on any atom is 0.153 e. The summed E-state index contributed by atoms with van der Waals surface area (Å²) in [5, 5.41) is 20.8. The number of phenols is 2. The first-order valence-corrected chi connectivity index (χ1v) is 7.85. The fourth-order valence-electron chi connectivity index (χ4n) is 5.12. The molecule has 1 saturated carbocycles. The van der Waals surface area contributed by atoms with E-state index in [1.165, 1.54) is 12.5 Å². The molecule has 3 rings (SSSR count). The number of hydrogen-bond donors (Lipinski definition) is 2. The quantitative estimate of drug-likeness (QED) is 0.608. The normalized spacial score (nSPS) is 30.3. The Balaban J connectivity index is 2.23. The molecule has 0 amide bonds. The molecule has 2 atom stereocenters. The van der Waals surface area contributed by atoms with Gasteiger partial charge in [-0.1, -0.05) is 27.2 Å². The van der Waals surface area contributed by atoms with E-state index in [-0.39, 0.29) is 27.9 Å². The molecule has 114 valence electrons. The summed E-state index contributed by atoms with van der Waals surface area (Å²) in [4.78, 5) is 11.1. The molecule has 0 radical (unpaired) electrons. The van der Waals surface area contributed by atoms with Gasteiger partial charge in [0, 0.05) is 11.1 Å². The molecule has 0 saturated heterocycles. The van der Waals surface area contributed by atoms with Crippen molar-refractivity contribution in [3.63, 3.8) is 0 Å². The number of fused-ring (bicyclic) bond motifs is 3. The number of phenolic OH excluding ortho intramolecular Hbond substituents is 2. The molecule has 21 heavy (non-hydrogen) atoms. The van der Waals surface area contributed by atoms with Crippen LogP contribution in [0, 0.1) is 11.3 Å². The molecule has 0 bridgehead atoms. The summed E-state index contributed by atoms with van der Waals surface area (Å²) in [5.41, 5.74) is 2.00. The van der Waals surface area contributed by atoms with Crippen LogP contribution in [-0.2, 0) is 11.8 Å². The third-order valence-corrected chi connectivity index (χ3v) is 6.02. The first kappa shape index (κ1) is 14.4. The van der Waals surface area contributed by atoms with E-state index < -0.39 is 0 Å². The van der Waals surface area contributed by atoms with E-state index in [4.69, 9.17) is 0 Å². The Morgan fingerprint density at radius 3 is 2.62 bits per heavy atom. The lowest BCUT2D eigenvalue weighted by atomic mass is 9.50. The first-order valence-electron chi connectivity index (χ1n) is 7.85. The van der Waals surface area contributed by atoms with Crippen LogP contribution in [0.25, 0.3) is 0 Å². The van der Waals surface area contributed by atoms with Gasteiger partial charge in [0.05, 0.1) is 5.56 Å². The minimum Gasteiger partial charge on any atom is -0.508 e. The van der Waals surface area contributed by atoms with Gasteiger partial charge in [-0.25, -0.2) is 0 Å². The van der Waals surface area contributed by atoms with E-state index in [0.717, 1.165) is 36.8 Å². The molecule has 0 unspecified atom stereocenters. The number of aromatic hydroxyl groups is 2. The van der Waals surface area contributed by atoms with Gasteiger partial charge >= 0.3 is 0 Å². The smallest absolute Gasteiger partial charge is 0.153 e. The van der Waals surface area contributed by atoms with Crippen LogP contribution in [0.4, 0.5) is 0 Å². The van der Waals surface area contributed by atoms with Crippen molar-refractivity contribution in [3.8, 4) is 11.5 Å². The molecule has 2 N–H and O–H groups in total. The second-order valence-electron chi connectivity index (χ2n) is 7.66. The van der Waals surface area contributed by atoms with Crippen molar-refractivity contribution in [1.29, 1.82) is 0 Å². The zero-order valence-corrected chi connectivity index (χ0v) is 13.1. The highest BCUT2D eigenvalue weighted by atomic mass is 16.3. The zero-order chi connectivity index (χ0) is 15.4. The van der Waals surface area contributed by atoms with Crippen LogP contribution in [0.3, 0.4) is 0 Å². The summed E-state index contributed by atoms with van der Waals surface area (Å²) >= 11 is 0. The van der Waals surface area contributed by atoms with E-state index >= 15 is 0 Å². The van der Waals surface area contributed by atoms with Crippen LogP contribution in [0.2, 0.25) is 0 Å². The maximum absolute atomic E-state index is 11.1. The van der Waals surface area contributed by atoms with Gasteiger partial charge in [0.2, 0.25) is 0 Å². The van der Waals surface area contributed by atoms with Crippen molar-refractivity contribution in [2.45, 2.75) is 58.3 Å². The van der Waals surface area contributed by atoms with Crippen molar-refractivity contribution < 1.29 is 15.0 Å². The molecule has 3 nitrogen and oxygen atoms in total.